The SMILES string of the molecule is O=C(CSc1nnc(C2CC2)n1Cc1ccccc1)NCCCN1CCCC1=O. The smallest absolute Gasteiger partial charge is 0.230 e. The Labute approximate surface area is 175 Å². The molecule has 0 atom stereocenters. The summed E-state index contributed by atoms with van der Waals surface area (Å²) in [6.07, 6.45) is 4.73. The summed E-state index contributed by atoms with van der Waals surface area (Å²) in [4.78, 5) is 25.7. The molecule has 1 aromatic heterocycles. The quantitative estimate of drug-likeness (QED) is 0.478. The van der Waals surface area contributed by atoms with Gasteiger partial charge >= 0.3 is 0 Å². The monoisotopic (exact) mass is 413 g/mol. The number of carbonyl (C=O) groups is 2. The Balaban J connectivity index is 1.26. The van der Waals surface area contributed by atoms with Crippen molar-refractivity contribution in [2.45, 2.75) is 49.7 Å². The summed E-state index contributed by atoms with van der Waals surface area (Å²) in [6, 6.07) is 10.3. The minimum atomic E-state index is -0.00928. The van der Waals surface area contributed by atoms with Crippen molar-refractivity contribution in [2.24, 2.45) is 0 Å². The lowest BCUT2D eigenvalue weighted by atomic mass is 10.2. The van der Waals surface area contributed by atoms with Gasteiger partial charge in [-0.15, -0.1) is 10.2 Å². The molecule has 0 radical (unpaired) electrons. The number of carbonyl (C=O) groups excluding carboxylic acids is 2. The fourth-order valence-corrected chi connectivity index (χ4v) is 4.36. The molecule has 1 saturated carbocycles. The largest absolute Gasteiger partial charge is 0.355 e. The van der Waals surface area contributed by atoms with E-state index in [1.54, 1.807) is 0 Å². The maximum Gasteiger partial charge on any atom is 0.230 e. The van der Waals surface area contributed by atoms with Gasteiger partial charge in [0.05, 0.1) is 12.3 Å². The highest BCUT2D eigenvalue weighted by atomic mass is 32.2. The van der Waals surface area contributed by atoms with Gasteiger partial charge in [0.1, 0.15) is 5.82 Å². The van der Waals surface area contributed by atoms with Crippen LogP contribution in [0.4, 0.5) is 0 Å². The first kappa shape index (κ1) is 19.9. The number of nitrogens with zero attached hydrogens (tertiary/aromatic N) is 4. The zero-order chi connectivity index (χ0) is 20.1. The first-order chi connectivity index (χ1) is 14.2. The van der Waals surface area contributed by atoms with E-state index in [0.29, 0.717) is 24.6 Å². The van der Waals surface area contributed by atoms with E-state index in [0.717, 1.165) is 56.3 Å². The molecule has 1 saturated heterocycles. The summed E-state index contributed by atoms with van der Waals surface area (Å²) < 4.78 is 2.16. The number of rotatable bonds is 10. The number of nitrogens with one attached hydrogen (secondary N) is 1. The fraction of sp³-hybridized carbons (Fsp3) is 0.524. The second-order valence-corrected chi connectivity index (χ2v) is 8.61. The highest BCUT2D eigenvalue weighted by Crippen LogP contribution is 2.40. The van der Waals surface area contributed by atoms with Gasteiger partial charge in [0.15, 0.2) is 5.16 Å². The van der Waals surface area contributed by atoms with E-state index in [4.69, 9.17) is 0 Å². The lowest BCUT2D eigenvalue weighted by Gasteiger charge is -2.15. The Morgan fingerprint density at radius 3 is 2.76 bits per heavy atom. The molecule has 29 heavy (non-hydrogen) atoms. The van der Waals surface area contributed by atoms with E-state index in [9.17, 15) is 9.59 Å². The summed E-state index contributed by atoms with van der Waals surface area (Å²) in [7, 11) is 0. The predicted molar refractivity (Wildman–Crippen MR) is 112 cm³/mol. The summed E-state index contributed by atoms with van der Waals surface area (Å²) in [5.74, 6) is 2.08. The molecule has 8 heteroatoms. The van der Waals surface area contributed by atoms with Crippen LogP contribution in [-0.4, -0.2) is 56.9 Å². The van der Waals surface area contributed by atoms with E-state index < -0.39 is 0 Å². The van der Waals surface area contributed by atoms with Gasteiger partial charge in [0.25, 0.3) is 0 Å². The molecule has 1 aliphatic heterocycles. The molecular formula is C21H27N5O2S. The van der Waals surface area contributed by atoms with Gasteiger partial charge in [-0.05, 0) is 31.2 Å². The number of amides is 2. The van der Waals surface area contributed by atoms with Crippen molar-refractivity contribution < 1.29 is 9.59 Å². The first-order valence-electron chi connectivity index (χ1n) is 10.3. The van der Waals surface area contributed by atoms with Crippen LogP contribution in [0.1, 0.15) is 49.4 Å². The Bertz CT molecular complexity index is 850. The van der Waals surface area contributed by atoms with Crippen LogP contribution in [0.15, 0.2) is 35.5 Å². The van der Waals surface area contributed by atoms with Crippen molar-refractivity contribution >= 4 is 23.6 Å². The van der Waals surface area contributed by atoms with Crippen molar-refractivity contribution in [3.05, 3.63) is 41.7 Å². The fourth-order valence-electron chi connectivity index (χ4n) is 3.58. The van der Waals surface area contributed by atoms with E-state index in [1.165, 1.54) is 17.3 Å². The molecule has 0 unspecified atom stereocenters. The maximum atomic E-state index is 12.2. The molecule has 1 aromatic carbocycles. The molecule has 7 nitrogen and oxygen atoms in total. The van der Waals surface area contributed by atoms with Crippen LogP contribution in [0, 0.1) is 0 Å². The number of aromatic nitrogens is 3. The van der Waals surface area contributed by atoms with Crippen LogP contribution in [-0.2, 0) is 16.1 Å². The molecule has 4 rings (SSSR count). The molecular weight excluding hydrogens is 386 g/mol. The standard InChI is InChI=1S/C21H27N5O2S/c27-18(22-11-5-13-25-12-4-8-19(25)28)15-29-21-24-23-20(17-9-10-17)26(21)14-16-6-2-1-3-7-16/h1-3,6-7,17H,4-5,8-15H2,(H,22,27). The summed E-state index contributed by atoms with van der Waals surface area (Å²) in [6.45, 7) is 2.89. The summed E-state index contributed by atoms with van der Waals surface area (Å²) in [5.41, 5.74) is 1.21. The minimum Gasteiger partial charge on any atom is -0.355 e. The summed E-state index contributed by atoms with van der Waals surface area (Å²) in [5, 5.41) is 12.5. The van der Waals surface area contributed by atoms with Crippen molar-refractivity contribution in [2.75, 3.05) is 25.4 Å². The Kier molecular flexibility index (Phi) is 6.49. The average Bonchev–Trinajstić information content (AvgIpc) is 3.38. The van der Waals surface area contributed by atoms with Crippen molar-refractivity contribution in [3.63, 3.8) is 0 Å². The van der Waals surface area contributed by atoms with Crippen molar-refractivity contribution in [3.8, 4) is 0 Å². The summed E-state index contributed by atoms with van der Waals surface area (Å²) >= 11 is 1.44. The van der Waals surface area contributed by atoms with Crippen LogP contribution in [0.25, 0.3) is 0 Å². The van der Waals surface area contributed by atoms with E-state index in [1.807, 2.05) is 23.1 Å². The van der Waals surface area contributed by atoms with Crippen molar-refractivity contribution in [1.29, 1.82) is 0 Å². The van der Waals surface area contributed by atoms with Crippen LogP contribution < -0.4 is 5.32 Å². The van der Waals surface area contributed by atoms with E-state index in [2.05, 4.69) is 32.2 Å². The van der Waals surface area contributed by atoms with E-state index >= 15 is 0 Å². The maximum absolute atomic E-state index is 12.2. The Hall–Kier alpha value is -2.35. The number of thioether (sulfide) groups is 1. The normalized spacial score (nSPS) is 16.4. The van der Waals surface area contributed by atoms with Crippen molar-refractivity contribution in [1.82, 2.24) is 25.0 Å². The lowest BCUT2D eigenvalue weighted by Crippen LogP contribution is -2.31. The molecule has 0 spiro atoms. The second-order valence-electron chi connectivity index (χ2n) is 7.66. The number of likely N-dealkylation sites (tertiary alicyclic amines) is 1. The lowest BCUT2D eigenvalue weighted by molar-refractivity contribution is -0.127. The zero-order valence-electron chi connectivity index (χ0n) is 16.5. The van der Waals surface area contributed by atoms with Gasteiger partial charge in [0.2, 0.25) is 11.8 Å². The minimum absolute atomic E-state index is 0.00928. The first-order valence-corrected chi connectivity index (χ1v) is 11.3. The molecule has 2 amide bonds. The zero-order valence-corrected chi connectivity index (χ0v) is 17.4. The van der Waals surface area contributed by atoms with Crippen LogP contribution >= 0.6 is 11.8 Å². The van der Waals surface area contributed by atoms with Gasteiger partial charge < -0.3 is 14.8 Å². The molecule has 2 aliphatic rings. The third-order valence-corrected chi connectivity index (χ3v) is 6.27. The average molecular weight is 414 g/mol. The van der Waals surface area contributed by atoms with Crippen LogP contribution in [0.2, 0.25) is 0 Å². The van der Waals surface area contributed by atoms with Crippen LogP contribution in [0.3, 0.4) is 0 Å². The van der Waals surface area contributed by atoms with Crippen LogP contribution in [0.5, 0.6) is 0 Å². The highest BCUT2D eigenvalue weighted by Gasteiger charge is 2.30. The predicted octanol–water partition coefficient (Wildman–Crippen LogP) is 2.42. The second kappa shape index (κ2) is 9.43. The molecule has 2 fully saturated rings. The van der Waals surface area contributed by atoms with Gasteiger partial charge in [-0.1, -0.05) is 42.1 Å². The van der Waals surface area contributed by atoms with Gasteiger partial charge in [-0.25, -0.2) is 0 Å². The third-order valence-electron chi connectivity index (χ3n) is 5.30. The molecule has 0 bridgehead atoms. The Morgan fingerprint density at radius 1 is 1.21 bits per heavy atom. The number of hydrogen-bond acceptors (Lipinski definition) is 5. The number of benzene rings is 1. The van der Waals surface area contributed by atoms with Gasteiger partial charge in [-0.3, -0.25) is 9.59 Å². The molecule has 2 heterocycles. The molecule has 154 valence electrons. The topological polar surface area (TPSA) is 80.1 Å². The van der Waals surface area contributed by atoms with Gasteiger partial charge in [-0.2, -0.15) is 0 Å². The third kappa shape index (κ3) is 5.38. The highest BCUT2D eigenvalue weighted by molar-refractivity contribution is 7.99. The van der Waals surface area contributed by atoms with Gasteiger partial charge in [0, 0.05) is 32.0 Å². The number of hydrogen-bond donors (Lipinski definition) is 1. The Morgan fingerprint density at radius 2 is 2.03 bits per heavy atom. The molecule has 1 aliphatic carbocycles. The van der Waals surface area contributed by atoms with E-state index in [-0.39, 0.29) is 11.8 Å². The molecule has 1 N–H and O–H groups in total. The molecule has 2 aromatic rings.